The highest BCUT2D eigenvalue weighted by molar-refractivity contribution is 7.13. The third kappa shape index (κ3) is 3.80. The maximum Gasteiger partial charge on any atom is 0.228 e. The predicted molar refractivity (Wildman–Crippen MR) is 71.1 cm³/mol. The van der Waals surface area contributed by atoms with Crippen LogP contribution in [0.4, 0.5) is 5.13 Å². The molecule has 1 heterocycles. The van der Waals surface area contributed by atoms with Crippen molar-refractivity contribution in [1.29, 1.82) is 0 Å². The molecule has 1 atom stereocenters. The summed E-state index contributed by atoms with van der Waals surface area (Å²) in [6, 6.07) is 0. The molecule has 1 aliphatic carbocycles. The lowest BCUT2D eigenvalue weighted by atomic mass is 9.83. The third-order valence-corrected chi connectivity index (χ3v) is 4.21. The number of carbonyl (C=O) groups is 1. The van der Waals surface area contributed by atoms with Crippen LogP contribution < -0.4 is 5.32 Å². The number of nitrogens with one attached hydrogen (secondary N) is 1. The fourth-order valence-electron chi connectivity index (χ4n) is 2.54. The molecule has 1 aromatic heterocycles. The van der Waals surface area contributed by atoms with Gasteiger partial charge in [-0.1, -0.05) is 39.0 Å². The van der Waals surface area contributed by atoms with Gasteiger partial charge in [-0.3, -0.25) is 4.79 Å². The zero-order valence-electron chi connectivity index (χ0n) is 10.3. The van der Waals surface area contributed by atoms with Gasteiger partial charge in [0.1, 0.15) is 0 Å². The second kappa shape index (κ2) is 6.15. The van der Waals surface area contributed by atoms with Crippen LogP contribution in [-0.2, 0) is 4.79 Å². The Morgan fingerprint density at radius 2 is 2.29 bits per heavy atom. The van der Waals surface area contributed by atoms with E-state index in [1.165, 1.54) is 43.4 Å². The molecule has 0 aromatic carbocycles. The Labute approximate surface area is 107 Å². The highest BCUT2D eigenvalue weighted by Crippen LogP contribution is 2.29. The molecule has 3 nitrogen and oxygen atoms in total. The highest BCUT2D eigenvalue weighted by atomic mass is 32.1. The van der Waals surface area contributed by atoms with E-state index in [1.807, 2.05) is 12.3 Å². The van der Waals surface area contributed by atoms with Crippen molar-refractivity contribution in [3.8, 4) is 0 Å². The SMILES string of the molecule is C[C@@H](CC1CCCCC1)C(=O)Nc1nccs1. The minimum atomic E-state index is 0.0991. The quantitative estimate of drug-likeness (QED) is 0.888. The van der Waals surface area contributed by atoms with E-state index in [-0.39, 0.29) is 11.8 Å². The van der Waals surface area contributed by atoms with Gasteiger partial charge in [0.2, 0.25) is 5.91 Å². The summed E-state index contributed by atoms with van der Waals surface area (Å²) in [5, 5.41) is 5.47. The van der Waals surface area contributed by atoms with Gasteiger partial charge in [0, 0.05) is 17.5 Å². The number of aromatic nitrogens is 1. The molecule has 0 saturated heterocycles. The summed E-state index contributed by atoms with van der Waals surface area (Å²) < 4.78 is 0. The van der Waals surface area contributed by atoms with Gasteiger partial charge in [-0.05, 0) is 12.3 Å². The van der Waals surface area contributed by atoms with Crippen LogP contribution in [0.5, 0.6) is 0 Å². The first-order valence-electron chi connectivity index (χ1n) is 6.46. The van der Waals surface area contributed by atoms with Gasteiger partial charge in [-0.2, -0.15) is 0 Å². The molecule has 1 saturated carbocycles. The normalized spacial score (nSPS) is 18.9. The number of nitrogens with zero attached hydrogens (tertiary/aromatic N) is 1. The largest absolute Gasteiger partial charge is 0.302 e. The van der Waals surface area contributed by atoms with E-state index in [2.05, 4.69) is 10.3 Å². The molecular formula is C13H20N2OS. The lowest BCUT2D eigenvalue weighted by molar-refractivity contribution is -0.120. The first kappa shape index (κ1) is 12.6. The van der Waals surface area contributed by atoms with Crippen LogP contribution in [-0.4, -0.2) is 10.9 Å². The Bertz CT molecular complexity index is 344. The average molecular weight is 252 g/mol. The smallest absolute Gasteiger partial charge is 0.228 e. The molecule has 0 aliphatic heterocycles. The first-order chi connectivity index (χ1) is 8.25. The van der Waals surface area contributed by atoms with E-state index < -0.39 is 0 Å². The van der Waals surface area contributed by atoms with Crippen molar-refractivity contribution in [2.75, 3.05) is 5.32 Å². The predicted octanol–water partition coefficient (Wildman–Crippen LogP) is 3.69. The van der Waals surface area contributed by atoms with Crippen LogP contribution >= 0.6 is 11.3 Å². The van der Waals surface area contributed by atoms with E-state index in [9.17, 15) is 4.79 Å². The molecule has 1 N–H and O–H groups in total. The van der Waals surface area contributed by atoms with Crippen molar-refractivity contribution >= 4 is 22.4 Å². The summed E-state index contributed by atoms with van der Waals surface area (Å²) in [5.74, 6) is 0.966. The fraction of sp³-hybridized carbons (Fsp3) is 0.692. The number of amides is 1. The van der Waals surface area contributed by atoms with Crippen LogP contribution in [0.1, 0.15) is 45.4 Å². The maximum absolute atomic E-state index is 11.9. The summed E-state index contributed by atoms with van der Waals surface area (Å²) in [4.78, 5) is 16.0. The van der Waals surface area contributed by atoms with E-state index >= 15 is 0 Å². The van der Waals surface area contributed by atoms with Crippen molar-refractivity contribution < 1.29 is 4.79 Å². The zero-order valence-corrected chi connectivity index (χ0v) is 11.1. The fourth-order valence-corrected chi connectivity index (χ4v) is 3.08. The minimum absolute atomic E-state index is 0.0991. The van der Waals surface area contributed by atoms with Crippen molar-refractivity contribution in [1.82, 2.24) is 4.98 Å². The topological polar surface area (TPSA) is 42.0 Å². The van der Waals surface area contributed by atoms with Crippen molar-refractivity contribution in [3.63, 3.8) is 0 Å². The second-order valence-corrected chi connectivity index (χ2v) is 5.86. The summed E-state index contributed by atoms with van der Waals surface area (Å²) in [6.45, 7) is 2.03. The summed E-state index contributed by atoms with van der Waals surface area (Å²) in [5.41, 5.74) is 0. The molecule has 0 radical (unpaired) electrons. The van der Waals surface area contributed by atoms with Crippen molar-refractivity contribution in [2.45, 2.75) is 45.4 Å². The molecule has 94 valence electrons. The molecule has 1 aliphatic rings. The van der Waals surface area contributed by atoms with Crippen LogP contribution in [0, 0.1) is 11.8 Å². The van der Waals surface area contributed by atoms with Crippen LogP contribution in [0.3, 0.4) is 0 Å². The number of hydrogen-bond donors (Lipinski definition) is 1. The van der Waals surface area contributed by atoms with Gasteiger partial charge >= 0.3 is 0 Å². The molecule has 1 fully saturated rings. The van der Waals surface area contributed by atoms with Gasteiger partial charge in [0.05, 0.1) is 0 Å². The molecule has 0 unspecified atom stereocenters. The van der Waals surface area contributed by atoms with Gasteiger partial charge in [-0.25, -0.2) is 4.98 Å². The van der Waals surface area contributed by atoms with Crippen molar-refractivity contribution in [3.05, 3.63) is 11.6 Å². The van der Waals surface area contributed by atoms with Gasteiger partial charge < -0.3 is 5.32 Å². The summed E-state index contributed by atoms with van der Waals surface area (Å²) >= 11 is 1.47. The number of hydrogen-bond acceptors (Lipinski definition) is 3. The van der Waals surface area contributed by atoms with E-state index in [0.29, 0.717) is 5.13 Å². The molecule has 0 spiro atoms. The maximum atomic E-state index is 11.9. The number of thiazole rings is 1. The van der Waals surface area contributed by atoms with Crippen LogP contribution in [0.15, 0.2) is 11.6 Å². The monoisotopic (exact) mass is 252 g/mol. The molecule has 1 aromatic rings. The Hall–Kier alpha value is -0.900. The Morgan fingerprint density at radius 3 is 2.94 bits per heavy atom. The van der Waals surface area contributed by atoms with Crippen LogP contribution in [0.2, 0.25) is 0 Å². The standard InChI is InChI=1S/C13H20N2OS/c1-10(9-11-5-3-2-4-6-11)12(16)15-13-14-7-8-17-13/h7-8,10-11H,2-6,9H2,1H3,(H,14,15,16)/t10-/m0/s1. The van der Waals surface area contributed by atoms with Gasteiger partial charge in [-0.15, -0.1) is 11.3 Å². The molecule has 4 heteroatoms. The second-order valence-electron chi connectivity index (χ2n) is 4.97. The van der Waals surface area contributed by atoms with Crippen LogP contribution in [0.25, 0.3) is 0 Å². The van der Waals surface area contributed by atoms with E-state index in [1.54, 1.807) is 6.20 Å². The Kier molecular flexibility index (Phi) is 4.54. The van der Waals surface area contributed by atoms with Gasteiger partial charge in [0.15, 0.2) is 5.13 Å². The zero-order chi connectivity index (χ0) is 12.1. The summed E-state index contributed by atoms with van der Waals surface area (Å²) in [6.07, 6.45) is 9.39. The lowest BCUT2D eigenvalue weighted by Crippen LogP contribution is -2.23. The average Bonchev–Trinajstić information content (AvgIpc) is 2.83. The number of anilines is 1. The Morgan fingerprint density at radius 1 is 1.53 bits per heavy atom. The van der Waals surface area contributed by atoms with Gasteiger partial charge in [0.25, 0.3) is 0 Å². The highest BCUT2D eigenvalue weighted by Gasteiger charge is 2.21. The molecule has 2 rings (SSSR count). The Balaban J connectivity index is 1.78. The number of carbonyl (C=O) groups excluding carboxylic acids is 1. The lowest BCUT2D eigenvalue weighted by Gasteiger charge is -2.23. The molecule has 0 bridgehead atoms. The first-order valence-corrected chi connectivity index (χ1v) is 7.34. The van der Waals surface area contributed by atoms with E-state index in [4.69, 9.17) is 0 Å². The summed E-state index contributed by atoms with van der Waals surface area (Å²) in [7, 11) is 0. The molecular weight excluding hydrogens is 232 g/mol. The molecule has 1 amide bonds. The number of rotatable bonds is 4. The van der Waals surface area contributed by atoms with Crippen molar-refractivity contribution in [2.24, 2.45) is 11.8 Å². The minimum Gasteiger partial charge on any atom is -0.302 e. The third-order valence-electron chi connectivity index (χ3n) is 3.52. The van der Waals surface area contributed by atoms with E-state index in [0.717, 1.165) is 12.3 Å². The molecule has 17 heavy (non-hydrogen) atoms.